The predicted octanol–water partition coefficient (Wildman–Crippen LogP) is 2.52. The lowest BCUT2D eigenvalue weighted by molar-refractivity contribution is -0.141. The molecule has 0 aliphatic carbocycles. The number of aromatic nitrogens is 4. The van der Waals surface area contributed by atoms with Gasteiger partial charge in [-0.05, 0) is 28.5 Å². The molecule has 0 radical (unpaired) electrons. The molecule has 1 atom stereocenters. The lowest BCUT2D eigenvalue weighted by Gasteiger charge is -2.15. The number of carbonyl (C=O) groups is 1. The van der Waals surface area contributed by atoms with Crippen molar-refractivity contribution in [1.82, 2.24) is 20.2 Å². The molecule has 116 valence electrons. The molecule has 0 bridgehead atoms. The largest absolute Gasteiger partial charge is 0.480 e. The van der Waals surface area contributed by atoms with E-state index in [1.165, 1.54) is 4.68 Å². The molecule has 0 amide bonds. The Bertz CT molecular complexity index is 814. The molecule has 2 aromatic carbocycles. The third-order valence-electron chi connectivity index (χ3n) is 3.73. The maximum absolute atomic E-state index is 11.8. The molecule has 0 saturated carbocycles. The number of rotatable bonds is 5. The molecule has 0 fully saturated rings. The third-order valence-corrected chi connectivity index (χ3v) is 3.73. The Morgan fingerprint density at radius 3 is 2.52 bits per heavy atom. The van der Waals surface area contributed by atoms with E-state index in [1.807, 2.05) is 61.5 Å². The van der Waals surface area contributed by atoms with Gasteiger partial charge < -0.3 is 5.11 Å². The van der Waals surface area contributed by atoms with Crippen LogP contribution in [0.4, 0.5) is 0 Å². The van der Waals surface area contributed by atoms with E-state index in [4.69, 9.17) is 0 Å². The van der Waals surface area contributed by atoms with Crippen molar-refractivity contribution in [3.05, 3.63) is 65.7 Å². The maximum atomic E-state index is 11.8. The van der Waals surface area contributed by atoms with Crippen LogP contribution in [-0.4, -0.2) is 31.3 Å². The molecule has 1 unspecified atom stereocenters. The Labute approximate surface area is 133 Å². The van der Waals surface area contributed by atoms with E-state index in [9.17, 15) is 9.90 Å². The summed E-state index contributed by atoms with van der Waals surface area (Å²) >= 11 is 0. The third kappa shape index (κ3) is 3.11. The topological polar surface area (TPSA) is 80.9 Å². The highest BCUT2D eigenvalue weighted by atomic mass is 16.4. The summed E-state index contributed by atoms with van der Waals surface area (Å²) in [7, 11) is 0. The lowest BCUT2D eigenvalue weighted by Crippen LogP contribution is -2.23. The number of hydrogen-bond donors (Lipinski definition) is 1. The summed E-state index contributed by atoms with van der Waals surface area (Å²) in [5.74, 6) is -0.498. The Balaban J connectivity index is 2.01. The molecule has 0 aliphatic rings. The lowest BCUT2D eigenvalue weighted by atomic mass is 10.0. The van der Waals surface area contributed by atoms with Crippen LogP contribution in [0.1, 0.15) is 17.2 Å². The van der Waals surface area contributed by atoms with E-state index >= 15 is 0 Å². The summed E-state index contributed by atoms with van der Waals surface area (Å²) in [5.41, 5.74) is 2.75. The van der Waals surface area contributed by atoms with Crippen LogP contribution in [0.15, 0.2) is 54.6 Å². The number of nitrogens with zero attached hydrogens (tertiary/aromatic N) is 4. The van der Waals surface area contributed by atoms with Crippen molar-refractivity contribution >= 4 is 5.97 Å². The van der Waals surface area contributed by atoms with Gasteiger partial charge in [0.2, 0.25) is 0 Å². The highest BCUT2D eigenvalue weighted by Crippen LogP contribution is 2.24. The van der Waals surface area contributed by atoms with Crippen molar-refractivity contribution < 1.29 is 9.90 Å². The Kier molecular flexibility index (Phi) is 4.14. The molecule has 1 heterocycles. The van der Waals surface area contributed by atoms with Crippen molar-refractivity contribution in [2.75, 3.05) is 0 Å². The summed E-state index contributed by atoms with van der Waals surface area (Å²) in [6, 6.07) is 16.2. The summed E-state index contributed by atoms with van der Waals surface area (Å²) < 4.78 is 1.39. The zero-order chi connectivity index (χ0) is 16.2. The van der Waals surface area contributed by atoms with Crippen molar-refractivity contribution in [3.63, 3.8) is 0 Å². The zero-order valence-corrected chi connectivity index (χ0v) is 12.6. The first kappa shape index (κ1) is 14.9. The van der Waals surface area contributed by atoms with Gasteiger partial charge in [0.15, 0.2) is 11.9 Å². The van der Waals surface area contributed by atoms with Crippen LogP contribution in [0.5, 0.6) is 0 Å². The standard InChI is InChI=1S/C17H16N4O2/c1-12-7-5-6-10-14(12)16-18-19-20-21(16)15(17(22)23)11-13-8-3-2-4-9-13/h2-10,15H,11H2,1H3,(H,22,23). The van der Waals surface area contributed by atoms with Gasteiger partial charge in [0.1, 0.15) is 0 Å². The minimum absolute atomic E-state index is 0.320. The first-order valence-electron chi connectivity index (χ1n) is 7.27. The van der Waals surface area contributed by atoms with Crippen LogP contribution in [0.25, 0.3) is 11.4 Å². The van der Waals surface area contributed by atoms with E-state index in [0.717, 1.165) is 16.7 Å². The van der Waals surface area contributed by atoms with Gasteiger partial charge in [0.25, 0.3) is 0 Å². The Morgan fingerprint density at radius 1 is 1.13 bits per heavy atom. The Hall–Kier alpha value is -3.02. The molecule has 3 rings (SSSR count). The normalized spacial score (nSPS) is 12.0. The number of carboxylic acid groups (broad SMARTS) is 1. The first-order valence-corrected chi connectivity index (χ1v) is 7.27. The number of benzene rings is 2. The minimum Gasteiger partial charge on any atom is -0.480 e. The van der Waals surface area contributed by atoms with Gasteiger partial charge in [-0.1, -0.05) is 54.6 Å². The van der Waals surface area contributed by atoms with Gasteiger partial charge in [-0.25, -0.2) is 9.48 Å². The maximum Gasteiger partial charge on any atom is 0.329 e. The van der Waals surface area contributed by atoms with E-state index in [2.05, 4.69) is 15.5 Å². The van der Waals surface area contributed by atoms with E-state index in [0.29, 0.717) is 12.2 Å². The van der Waals surface area contributed by atoms with Crippen LogP contribution >= 0.6 is 0 Å². The minimum atomic E-state index is -0.962. The molecule has 1 N–H and O–H groups in total. The molecule has 0 aliphatic heterocycles. The number of aryl methyl sites for hydroxylation is 1. The Morgan fingerprint density at radius 2 is 1.83 bits per heavy atom. The predicted molar refractivity (Wildman–Crippen MR) is 84.8 cm³/mol. The van der Waals surface area contributed by atoms with Gasteiger partial charge in [0, 0.05) is 12.0 Å². The second kappa shape index (κ2) is 6.39. The number of tetrazole rings is 1. The van der Waals surface area contributed by atoms with Crippen molar-refractivity contribution in [3.8, 4) is 11.4 Å². The van der Waals surface area contributed by atoms with E-state index < -0.39 is 12.0 Å². The molecule has 23 heavy (non-hydrogen) atoms. The van der Waals surface area contributed by atoms with Crippen LogP contribution < -0.4 is 0 Å². The zero-order valence-electron chi connectivity index (χ0n) is 12.6. The fourth-order valence-corrected chi connectivity index (χ4v) is 2.52. The smallest absolute Gasteiger partial charge is 0.329 e. The summed E-state index contributed by atoms with van der Waals surface area (Å²) in [5, 5.41) is 21.3. The van der Waals surface area contributed by atoms with Gasteiger partial charge in [-0.15, -0.1) is 5.10 Å². The average molecular weight is 308 g/mol. The highest BCUT2D eigenvalue weighted by Gasteiger charge is 2.25. The highest BCUT2D eigenvalue weighted by molar-refractivity contribution is 5.73. The number of hydrogen-bond acceptors (Lipinski definition) is 4. The van der Waals surface area contributed by atoms with Gasteiger partial charge >= 0.3 is 5.97 Å². The SMILES string of the molecule is Cc1ccccc1-c1nnnn1C(Cc1ccccc1)C(=O)O. The molecule has 1 aromatic heterocycles. The summed E-state index contributed by atoms with van der Waals surface area (Å²) in [6.07, 6.45) is 0.320. The molecule has 0 spiro atoms. The van der Waals surface area contributed by atoms with Crippen molar-refractivity contribution in [2.45, 2.75) is 19.4 Å². The molecular weight excluding hydrogens is 292 g/mol. The average Bonchev–Trinajstić information content (AvgIpc) is 3.02. The summed E-state index contributed by atoms with van der Waals surface area (Å²) in [6.45, 7) is 1.95. The first-order chi connectivity index (χ1) is 11.2. The molecule has 3 aromatic rings. The van der Waals surface area contributed by atoms with Gasteiger partial charge in [0.05, 0.1) is 0 Å². The van der Waals surface area contributed by atoms with E-state index in [-0.39, 0.29) is 0 Å². The fraction of sp³-hybridized carbons (Fsp3) is 0.176. The van der Waals surface area contributed by atoms with Crippen molar-refractivity contribution in [1.29, 1.82) is 0 Å². The molecule has 6 nitrogen and oxygen atoms in total. The van der Waals surface area contributed by atoms with Crippen molar-refractivity contribution in [2.24, 2.45) is 0 Å². The number of carboxylic acids is 1. The second-order valence-corrected chi connectivity index (χ2v) is 5.31. The summed E-state index contributed by atoms with van der Waals surface area (Å²) in [4.78, 5) is 11.8. The molecule has 0 saturated heterocycles. The van der Waals surface area contributed by atoms with Gasteiger partial charge in [-0.3, -0.25) is 0 Å². The van der Waals surface area contributed by atoms with E-state index in [1.54, 1.807) is 0 Å². The monoisotopic (exact) mass is 308 g/mol. The molecule has 6 heteroatoms. The second-order valence-electron chi connectivity index (χ2n) is 5.31. The fourth-order valence-electron chi connectivity index (χ4n) is 2.52. The quantitative estimate of drug-likeness (QED) is 0.783. The van der Waals surface area contributed by atoms with Crippen LogP contribution in [0.3, 0.4) is 0 Å². The van der Waals surface area contributed by atoms with Crippen LogP contribution in [0, 0.1) is 6.92 Å². The van der Waals surface area contributed by atoms with Crippen LogP contribution in [0.2, 0.25) is 0 Å². The van der Waals surface area contributed by atoms with Gasteiger partial charge in [-0.2, -0.15) is 0 Å². The molecular formula is C17H16N4O2. The number of aliphatic carboxylic acids is 1. The van der Waals surface area contributed by atoms with Crippen LogP contribution in [-0.2, 0) is 11.2 Å².